The van der Waals surface area contributed by atoms with Gasteiger partial charge in [-0.15, -0.1) is 5.01 Å². The van der Waals surface area contributed by atoms with E-state index < -0.39 is 0 Å². The van der Waals surface area contributed by atoms with Crippen molar-refractivity contribution in [3.63, 3.8) is 0 Å². The van der Waals surface area contributed by atoms with Gasteiger partial charge in [-0.2, -0.15) is 16.5 Å². The summed E-state index contributed by atoms with van der Waals surface area (Å²) >= 11 is 6.03. The Bertz CT molecular complexity index is 1120. The molecule has 2 heterocycles. The lowest BCUT2D eigenvalue weighted by molar-refractivity contribution is 0.236. The van der Waals surface area contributed by atoms with Crippen LogP contribution in [0.5, 0.6) is 0 Å². The third-order valence-corrected chi connectivity index (χ3v) is 5.61. The molecule has 1 fully saturated rings. The number of carbonyl (C=O) groups is 1. The minimum absolute atomic E-state index is 0.0138. The van der Waals surface area contributed by atoms with Crippen molar-refractivity contribution in [2.75, 3.05) is 6.54 Å². The van der Waals surface area contributed by atoms with Crippen LogP contribution in [0.3, 0.4) is 0 Å². The average Bonchev–Trinajstić information content (AvgIpc) is 3.38. The molecule has 8 nitrogen and oxygen atoms in total. The second-order valence-electron chi connectivity index (χ2n) is 7.85. The summed E-state index contributed by atoms with van der Waals surface area (Å²) in [5.74, 6) is 1.03. The Labute approximate surface area is 191 Å². The Morgan fingerprint density at radius 2 is 2.09 bits per heavy atom. The van der Waals surface area contributed by atoms with Gasteiger partial charge in [0, 0.05) is 23.6 Å². The highest BCUT2D eigenvalue weighted by Crippen LogP contribution is 2.20. The lowest BCUT2D eigenvalue weighted by Gasteiger charge is -2.12. The molecule has 1 aromatic heterocycles. The van der Waals surface area contributed by atoms with Crippen LogP contribution < -0.4 is 10.6 Å². The number of urea groups is 1. The second kappa shape index (κ2) is 9.71. The Morgan fingerprint density at radius 3 is 2.81 bits per heavy atom. The number of hydrogen-bond donors (Lipinski definition) is 2. The highest BCUT2D eigenvalue weighted by atomic mass is 35.5. The van der Waals surface area contributed by atoms with Gasteiger partial charge in [0.05, 0.1) is 12.1 Å². The van der Waals surface area contributed by atoms with Crippen LogP contribution in [0.4, 0.5) is 4.79 Å². The maximum Gasteiger partial charge on any atom is 0.315 e. The van der Waals surface area contributed by atoms with Gasteiger partial charge in [-0.3, -0.25) is 0 Å². The fourth-order valence-corrected chi connectivity index (χ4v) is 3.93. The number of benzene rings is 2. The molecule has 0 radical (unpaired) electrons. The third kappa shape index (κ3) is 5.37. The number of nitrogens with one attached hydrogen (secondary N) is 2. The highest BCUT2D eigenvalue weighted by Gasteiger charge is 2.33. The largest absolute Gasteiger partial charge is 0.334 e. The Kier molecular flexibility index (Phi) is 6.57. The number of nitrogens with zero attached hydrogens (tertiary/aromatic N) is 4. The molecule has 1 aliphatic rings. The van der Waals surface area contributed by atoms with Crippen LogP contribution in [-0.4, -0.2) is 39.8 Å². The molecule has 2 aromatic carbocycles. The third-order valence-electron chi connectivity index (χ3n) is 5.38. The molecule has 2 N–H and O–H groups in total. The first-order chi connectivity index (χ1) is 15.5. The molecule has 4 rings (SSSR count). The Balaban J connectivity index is 1.28. The quantitative estimate of drug-likeness (QED) is 0.552. The van der Waals surface area contributed by atoms with Crippen LogP contribution in [0, 0.1) is 6.57 Å². The van der Waals surface area contributed by atoms with E-state index in [4.69, 9.17) is 22.7 Å². The van der Waals surface area contributed by atoms with Gasteiger partial charge in [-0.1, -0.05) is 41.0 Å². The van der Waals surface area contributed by atoms with E-state index >= 15 is 0 Å². The molecule has 2 amide bonds. The van der Waals surface area contributed by atoms with Crippen molar-refractivity contribution in [2.24, 2.45) is 0 Å². The molecule has 164 valence electrons. The molecular formula is C23H23ClN6O2. The lowest BCUT2D eigenvalue weighted by Crippen LogP contribution is -2.42. The number of carbonyl (C=O) groups excluding carboxylic acids is 1. The fourth-order valence-electron chi connectivity index (χ4n) is 3.71. The summed E-state index contributed by atoms with van der Waals surface area (Å²) in [6.45, 7) is 10.1. The predicted octanol–water partition coefficient (Wildman–Crippen LogP) is 4.08. The smallest absolute Gasteiger partial charge is 0.315 e. The number of rotatable bonds is 6. The highest BCUT2D eigenvalue weighted by molar-refractivity contribution is 6.30. The van der Waals surface area contributed by atoms with Crippen LogP contribution in [0.1, 0.15) is 30.3 Å². The second-order valence-corrected chi connectivity index (χ2v) is 8.29. The van der Waals surface area contributed by atoms with Crippen molar-refractivity contribution in [3.8, 4) is 11.5 Å². The van der Waals surface area contributed by atoms with E-state index in [2.05, 4.69) is 25.7 Å². The predicted molar refractivity (Wildman–Crippen MR) is 121 cm³/mol. The van der Waals surface area contributed by atoms with Crippen LogP contribution in [0.15, 0.2) is 53.1 Å². The summed E-state index contributed by atoms with van der Waals surface area (Å²) in [7, 11) is 0. The number of halogens is 1. The molecule has 32 heavy (non-hydrogen) atoms. The van der Waals surface area contributed by atoms with E-state index in [1.165, 1.54) is 0 Å². The Morgan fingerprint density at radius 1 is 1.28 bits per heavy atom. The van der Waals surface area contributed by atoms with E-state index in [-0.39, 0.29) is 18.1 Å². The lowest BCUT2D eigenvalue weighted by atomic mass is 10.1. The molecule has 0 spiro atoms. The summed E-state index contributed by atoms with van der Waals surface area (Å²) in [6, 6.07) is 15.1. The van der Waals surface area contributed by atoms with Crippen LogP contribution in [0.25, 0.3) is 16.4 Å². The summed E-state index contributed by atoms with van der Waals surface area (Å²) < 4.78 is 5.39. The first-order valence-corrected chi connectivity index (χ1v) is 10.7. The van der Waals surface area contributed by atoms with E-state index in [1.54, 1.807) is 5.01 Å². The zero-order valence-corrected chi connectivity index (χ0v) is 18.3. The first-order valence-electron chi connectivity index (χ1n) is 10.3. The molecule has 1 aliphatic heterocycles. The molecule has 0 aliphatic carbocycles. The summed E-state index contributed by atoms with van der Waals surface area (Å²) in [4.78, 5) is 20.1. The Hall–Kier alpha value is -3.57. The molecule has 0 unspecified atom stereocenters. The van der Waals surface area contributed by atoms with Crippen molar-refractivity contribution in [1.29, 1.82) is 0 Å². The minimum Gasteiger partial charge on any atom is -0.334 e. The van der Waals surface area contributed by atoms with Crippen LogP contribution >= 0.6 is 11.6 Å². The van der Waals surface area contributed by atoms with Gasteiger partial charge in [0.25, 0.3) is 5.89 Å². The van der Waals surface area contributed by atoms with Gasteiger partial charge in [-0.25, -0.2) is 4.79 Å². The monoisotopic (exact) mass is 450 g/mol. The fraction of sp³-hybridized carbons (Fsp3) is 0.304. The van der Waals surface area contributed by atoms with Gasteiger partial charge >= 0.3 is 6.03 Å². The normalized spacial score (nSPS) is 17.7. The molecule has 0 bridgehead atoms. The molecule has 9 heteroatoms. The summed E-state index contributed by atoms with van der Waals surface area (Å²) in [5, 5.41) is 12.2. The molecule has 1 saturated heterocycles. The van der Waals surface area contributed by atoms with E-state index in [0.717, 1.165) is 23.1 Å². The van der Waals surface area contributed by atoms with Crippen molar-refractivity contribution in [1.82, 2.24) is 25.8 Å². The molecule has 2 atom stereocenters. The van der Waals surface area contributed by atoms with Crippen molar-refractivity contribution in [2.45, 2.75) is 38.4 Å². The SMILES string of the molecule is [C-]#[N+]N1C[C@H](NC(=O)NCc2ccc(-c3nc(Cc4cccc(Cl)c4)no3)cc2)C[C@H]1C. The maximum absolute atomic E-state index is 12.2. The average molecular weight is 451 g/mol. The van der Waals surface area contributed by atoms with Crippen molar-refractivity contribution >= 4 is 17.6 Å². The van der Waals surface area contributed by atoms with Crippen LogP contribution in [-0.2, 0) is 13.0 Å². The van der Waals surface area contributed by atoms with E-state index in [9.17, 15) is 4.79 Å². The molecular weight excluding hydrogens is 428 g/mol. The van der Waals surface area contributed by atoms with Gasteiger partial charge in [0.2, 0.25) is 0 Å². The van der Waals surface area contributed by atoms with Crippen molar-refractivity contribution < 1.29 is 9.32 Å². The molecule has 0 saturated carbocycles. The van der Waals surface area contributed by atoms with Gasteiger partial charge in [-0.05, 0) is 48.7 Å². The van der Waals surface area contributed by atoms with Gasteiger partial charge in [0.15, 0.2) is 5.82 Å². The van der Waals surface area contributed by atoms with Crippen LogP contribution in [0.2, 0.25) is 5.02 Å². The topological polar surface area (TPSA) is 87.7 Å². The summed E-state index contributed by atoms with van der Waals surface area (Å²) in [6.07, 6.45) is 1.31. The van der Waals surface area contributed by atoms with E-state index in [0.29, 0.717) is 36.2 Å². The van der Waals surface area contributed by atoms with E-state index in [1.807, 2.05) is 55.5 Å². The zero-order valence-electron chi connectivity index (χ0n) is 17.6. The zero-order chi connectivity index (χ0) is 22.5. The number of aromatic nitrogens is 2. The van der Waals surface area contributed by atoms with Gasteiger partial charge in [0.1, 0.15) is 6.54 Å². The molecule has 3 aromatic rings. The summed E-state index contributed by atoms with van der Waals surface area (Å²) in [5.41, 5.74) is 2.77. The van der Waals surface area contributed by atoms with Gasteiger partial charge < -0.3 is 15.2 Å². The first kappa shape index (κ1) is 21.7. The number of hydrogen-bond acceptors (Lipinski definition) is 5. The van der Waals surface area contributed by atoms with Crippen molar-refractivity contribution in [3.05, 3.63) is 82.0 Å². The standard InChI is InChI=1S/C23H23ClN6O2/c1-15-10-20(14-30(15)25-2)27-23(31)26-13-16-6-8-18(9-7-16)22-28-21(29-32-22)12-17-4-3-5-19(24)11-17/h3-9,11,15,20H,10,12-14H2,1H3,(H2,26,27,31)/t15-,20-/m1/s1. The minimum atomic E-state index is -0.235. The maximum atomic E-state index is 12.2. The number of amides is 2.